The van der Waals surface area contributed by atoms with Gasteiger partial charge in [-0.15, -0.1) is 0 Å². The summed E-state index contributed by atoms with van der Waals surface area (Å²) >= 11 is 9.05. The molecular formula is C22H16BrClF3N3O2. The Balaban J connectivity index is 1.60. The first-order valence-electron chi connectivity index (χ1n) is 9.67. The summed E-state index contributed by atoms with van der Waals surface area (Å²) in [4.78, 5) is 25.6. The molecule has 2 aromatic carbocycles. The van der Waals surface area contributed by atoms with Crippen molar-refractivity contribution in [2.75, 3.05) is 5.32 Å². The molecule has 0 atom stereocenters. The molecule has 1 aliphatic rings. The predicted octanol–water partition coefficient (Wildman–Crippen LogP) is 6.06. The van der Waals surface area contributed by atoms with E-state index in [1.54, 1.807) is 30.3 Å². The van der Waals surface area contributed by atoms with Crippen molar-refractivity contribution in [1.82, 2.24) is 9.78 Å². The largest absolute Gasteiger partial charge is 0.436 e. The fourth-order valence-corrected chi connectivity index (χ4v) is 4.39. The zero-order valence-corrected chi connectivity index (χ0v) is 18.8. The second-order valence-corrected chi connectivity index (χ2v) is 8.64. The summed E-state index contributed by atoms with van der Waals surface area (Å²) in [6.45, 7) is -0.428. The first-order chi connectivity index (χ1) is 15.1. The van der Waals surface area contributed by atoms with Gasteiger partial charge in [0, 0.05) is 22.1 Å². The maximum absolute atomic E-state index is 13.3. The van der Waals surface area contributed by atoms with Crippen LogP contribution in [0.1, 0.15) is 46.1 Å². The Labute approximate surface area is 194 Å². The van der Waals surface area contributed by atoms with Gasteiger partial charge in [0.1, 0.15) is 6.54 Å². The minimum absolute atomic E-state index is 0.0773. The standard InChI is InChI=1S/C22H16BrClF3N3O2/c23-18-19(12-6-7-12)30(29-21(18)22(25,26)27)11-17(31)28-16-9-8-14(24)10-15(16)20(32)13-4-2-1-3-5-13/h1-5,8-10,12H,6-7,11H2,(H,28,31). The molecule has 4 rings (SSSR count). The number of anilines is 1. The number of carbonyl (C=O) groups excluding carboxylic acids is 2. The molecule has 0 spiro atoms. The van der Waals surface area contributed by atoms with Gasteiger partial charge in [0.15, 0.2) is 11.5 Å². The number of hydrogen-bond acceptors (Lipinski definition) is 3. The first kappa shape index (κ1) is 22.5. The van der Waals surface area contributed by atoms with Crippen molar-refractivity contribution in [1.29, 1.82) is 0 Å². The number of alkyl halides is 3. The molecule has 0 saturated heterocycles. The Morgan fingerprint density at radius 2 is 1.84 bits per heavy atom. The summed E-state index contributed by atoms with van der Waals surface area (Å²) in [5.74, 6) is -1.03. The van der Waals surface area contributed by atoms with Crippen molar-refractivity contribution < 1.29 is 22.8 Å². The highest BCUT2D eigenvalue weighted by atomic mass is 79.9. The van der Waals surface area contributed by atoms with Gasteiger partial charge in [0.2, 0.25) is 5.91 Å². The number of hydrogen-bond donors (Lipinski definition) is 1. The van der Waals surface area contributed by atoms with Gasteiger partial charge in [-0.1, -0.05) is 41.9 Å². The van der Waals surface area contributed by atoms with Crippen LogP contribution < -0.4 is 5.32 Å². The molecule has 1 fully saturated rings. The SMILES string of the molecule is O=C(Cn1nc(C(F)(F)F)c(Br)c1C1CC1)Nc1ccc(Cl)cc1C(=O)c1ccccc1. The van der Waals surface area contributed by atoms with E-state index in [-0.39, 0.29) is 27.4 Å². The minimum atomic E-state index is -4.64. The second-order valence-electron chi connectivity index (χ2n) is 7.41. The fraction of sp³-hybridized carbons (Fsp3) is 0.227. The van der Waals surface area contributed by atoms with Crippen LogP contribution in [0.25, 0.3) is 0 Å². The molecule has 166 valence electrons. The third kappa shape index (κ3) is 4.73. The monoisotopic (exact) mass is 525 g/mol. The maximum Gasteiger partial charge on any atom is 0.436 e. The van der Waals surface area contributed by atoms with Crippen molar-refractivity contribution in [3.8, 4) is 0 Å². The lowest BCUT2D eigenvalue weighted by molar-refractivity contribution is -0.142. The van der Waals surface area contributed by atoms with Crippen LogP contribution in [0, 0.1) is 0 Å². The van der Waals surface area contributed by atoms with Gasteiger partial charge < -0.3 is 5.32 Å². The van der Waals surface area contributed by atoms with Crippen LogP contribution in [-0.2, 0) is 17.5 Å². The van der Waals surface area contributed by atoms with Gasteiger partial charge in [-0.05, 0) is 47.0 Å². The highest BCUT2D eigenvalue weighted by Crippen LogP contribution is 2.47. The second kappa shape index (κ2) is 8.71. The summed E-state index contributed by atoms with van der Waals surface area (Å²) in [6, 6.07) is 12.9. The van der Waals surface area contributed by atoms with Crippen molar-refractivity contribution in [2.24, 2.45) is 0 Å². The van der Waals surface area contributed by atoms with E-state index < -0.39 is 24.3 Å². The van der Waals surface area contributed by atoms with Crippen molar-refractivity contribution in [3.05, 3.63) is 80.5 Å². The lowest BCUT2D eigenvalue weighted by Gasteiger charge is -2.12. The lowest BCUT2D eigenvalue weighted by atomic mass is 10.0. The normalized spacial score (nSPS) is 13.8. The fourth-order valence-electron chi connectivity index (χ4n) is 3.39. The van der Waals surface area contributed by atoms with Gasteiger partial charge in [-0.3, -0.25) is 14.3 Å². The van der Waals surface area contributed by atoms with E-state index in [9.17, 15) is 22.8 Å². The summed E-state index contributed by atoms with van der Waals surface area (Å²) in [6.07, 6.45) is -3.18. The van der Waals surface area contributed by atoms with Gasteiger partial charge in [-0.25, -0.2) is 0 Å². The topological polar surface area (TPSA) is 64.0 Å². The smallest absolute Gasteiger partial charge is 0.324 e. The molecule has 32 heavy (non-hydrogen) atoms. The van der Waals surface area contributed by atoms with Gasteiger partial charge in [0.25, 0.3) is 0 Å². The zero-order chi connectivity index (χ0) is 23.0. The van der Waals surface area contributed by atoms with Crippen LogP contribution in [0.2, 0.25) is 5.02 Å². The van der Waals surface area contributed by atoms with E-state index in [1.807, 2.05) is 0 Å². The zero-order valence-electron chi connectivity index (χ0n) is 16.4. The molecule has 10 heteroatoms. The van der Waals surface area contributed by atoms with E-state index in [4.69, 9.17) is 11.6 Å². The quantitative estimate of drug-likeness (QED) is 0.397. The van der Waals surface area contributed by atoms with Gasteiger partial charge in [-0.2, -0.15) is 18.3 Å². The molecule has 3 aromatic rings. The van der Waals surface area contributed by atoms with Gasteiger partial charge in [0.05, 0.1) is 15.9 Å². The van der Waals surface area contributed by atoms with Crippen LogP contribution in [0.4, 0.5) is 18.9 Å². The number of carbonyl (C=O) groups is 2. The van der Waals surface area contributed by atoms with Crippen LogP contribution in [0.15, 0.2) is 53.0 Å². The Kier molecular flexibility index (Phi) is 6.13. The maximum atomic E-state index is 13.3. The molecule has 0 aliphatic heterocycles. The van der Waals surface area contributed by atoms with Crippen LogP contribution >= 0.6 is 27.5 Å². The highest BCUT2D eigenvalue weighted by Gasteiger charge is 2.42. The van der Waals surface area contributed by atoms with E-state index in [0.717, 1.165) is 17.5 Å². The number of nitrogens with zero attached hydrogens (tertiary/aromatic N) is 2. The molecule has 1 heterocycles. The molecule has 1 aromatic heterocycles. The number of amides is 1. The van der Waals surface area contributed by atoms with Crippen LogP contribution in [0.3, 0.4) is 0 Å². The van der Waals surface area contributed by atoms with E-state index in [2.05, 4.69) is 26.3 Å². The summed E-state index contributed by atoms with van der Waals surface area (Å²) < 4.78 is 40.8. The van der Waals surface area contributed by atoms with Crippen molar-refractivity contribution in [2.45, 2.75) is 31.5 Å². The molecule has 1 saturated carbocycles. The molecule has 0 bridgehead atoms. The average molecular weight is 527 g/mol. The number of aromatic nitrogens is 2. The third-order valence-electron chi connectivity index (χ3n) is 4.99. The predicted molar refractivity (Wildman–Crippen MR) is 117 cm³/mol. The number of nitrogens with one attached hydrogen (secondary N) is 1. The number of benzene rings is 2. The lowest BCUT2D eigenvalue weighted by Crippen LogP contribution is -2.22. The molecule has 0 radical (unpaired) electrons. The summed E-state index contributed by atoms with van der Waals surface area (Å²) in [7, 11) is 0. The first-order valence-corrected chi connectivity index (χ1v) is 10.8. The van der Waals surface area contributed by atoms with E-state index in [1.165, 1.54) is 18.2 Å². The molecule has 1 aliphatic carbocycles. The van der Waals surface area contributed by atoms with Gasteiger partial charge >= 0.3 is 6.18 Å². The number of halogens is 5. The third-order valence-corrected chi connectivity index (χ3v) is 6.01. The number of ketones is 1. The van der Waals surface area contributed by atoms with Crippen LogP contribution in [0.5, 0.6) is 0 Å². The average Bonchev–Trinajstić information content (AvgIpc) is 3.52. The minimum Gasteiger partial charge on any atom is -0.324 e. The molecule has 0 unspecified atom stereocenters. The molecule has 1 amide bonds. The van der Waals surface area contributed by atoms with Crippen molar-refractivity contribution in [3.63, 3.8) is 0 Å². The van der Waals surface area contributed by atoms with Crippen molar-refractivity contribution >= 4 is 44.9 Å². The number of rotatable bonds is 6. The van der Waals surface area contributed by atoms with Crippen LogP contribution in [-0.4, -0.2) is 21.5 Å². The Morgan fingerprint density at radius 3 is 2.47 bits per heavy atom. The van der Waals surface area contributed by atoms with E-state index in [0.29, 0.717) is 16.3 Å². The highest BCUT2D eigenvalue weighted by molar-refractivity contribution is 9.10. The molecular weight excluding hydrogens is 511 g/mol. The Morgan fingerprint density at radius 1 is 1.16 bits per heavy atom. The summed E-state index contributed by atoms with van der Waals surface area (Å²) in [5, 5.41) is 6.56. The molecule has 1 N–H and O–H groups in total. The summed E-state index contributed by atoms with van der Waals surface area (Å²) in [5.41, 5.74) is 0.0931. The van der Waals surface area contributed by atoms with E-state index >= 15 is 0 Å². The Bertz CT molecular complexity index is 1190. The Hall–Kier alpha value is -2.65. The molecule has 5 nitrogen and oxygen atoms in total.